The molecule has 2 aliphatic rings. The van der Waals surface area contributed by atoms with Gasteiger partial charge < -0.3 is 0 Å². The number of benzene rings is 2. The summed E-state index contributed by atoms with van der Waals surface area (Å²) in [6.07, 6.45) is 0. The Morgan fingerprint density at radius 3 is 2.50 bits per heavy atom. The fourth-order valence-electron chi connectivity index (χ4n) is 2.70. The third-order valence-electron chi connectivity index (χ3n) is 3.57. The van der Waals surface area contributed by atoms with Crippen LogP contribution in [0.2, 0.25) is 0 Å². The first-order valence-electron chi connectivity index (χ1n) is 6.67. The van der Waals surface area contributed by atoms with Gasteiger partial charge in [0.05, 0.1) is 5.52 Å². The first-order valence-corrected chi connectivity index (χ1v) is 7.49. The summed E-state index contributed by atoms with van der Waals surface area (Å²) in [4.78, 5) is 6.07. The Bertz CT molecular complexity index is 861. The second-order valence-corrected chi connectivity index (χ2v) is 6.18. The molecule has 2 aromatic carbocycles. The maximum Gasteiger partial charge on any atom is 0.125 e. The largest absolute Gasteiger partial charge is 0.237 e. The Balaban J connectivity index is 2.15. The molecular formula is C18H13NS. The second kappa shape index (κ2) is 4.43. The molecule has 0 bridgehead atoms. The molecule has 0 radical (unpaired) electrons. The summed E-state index contributed by atoms with van der Waals surface area (Å²) in [6.45, 7) is 2.15. The maximum absolute atomic E-state index is 4.78. The molecule has 2 heteroatoms. The summed E-state index contributed by atoms with van der Waals surface area (Å²) in [6, 6.07) is 21.2. The van der Waals surface area contributed by atoms with E-state index in [4.69, 9.17) is 4.98 Å². The number of hydrogen-bond donors (Lipinski definition) is 0. The van der Waals surface area contributed by atoms with Crippen LogP contribution in [0.1, 0.15) is 4.88 Å². The van der Waals surface area contributed by atoms with Crippen LogP contribution in [0.15, 0.2) is 60.7 Å². The molecule has 0 fully saturated rings. The molecule has 0 aromatic heterocycles. The number of aromatic nitrogens is 1. The van der Waals surface area contributed by atoms with Gasteiger partial charge in [0.15, 0.2) is 0 Å². The number of fused-ring (bicyclic) bond motifs is 3. The van der Waals surface area contributed by atoms with Crippen molar-refractivity contribution >= 4 is 22.2 Å². The fourth-order valence-corrected chi connectivity index (χ4v) is 3.65. The van der Waals surface area contributed by atoms with E-state index in [-0.39, 0.29) is 0 Å². The van der Waals surface area contributed by atoms with Gasteiger partial charge >= 0.3 is 0 Å². The number of nitrogens with zero attached hydrogens (tertiary/aromatic N) is 1. The monoisotopic (exact) mass is 275 g/mol. The van der Waals surface area contributed by atoms with Crippen LogP contribution in [0.4, 0.5) is 0 Å². The van der Waals surface area contributed by atoms with Crippen LogP contribution in [0, 0.1) is 6.92 Å². The van der Waals surface area contributed by atoms with E-state index in [1.165, 1.54) is 27.0 Å². The number of hydrogen-bond acceptors (Lipinski definition) is 2. The van der Waals surface area contributed by atoms with Crippen molar-refractivity contribution < 1.29 is 0 Å². The van der Waals surface area contributed by atoms with Crippen LogP contribution >= 0.6 is 11.3 Å². The Labute approximate surface area is 121 Å². The van der Waals surface area contributed by atoms with E-state index < -0.39 is 0 Å². The van der Waals surface area contributed by atoms with Crippen molar-refractivity contribution in [3.8, 4) is 21.7 Å². The zero-order chi connectivity index (χ0) is 13.5. The lowest BCUT2D eigenvalue weighted by Gasteiger charge is -2.09. The minimum absolute atomic E-state index is 1.08. The molecule has 2 aromatic rings. The summed E-state index contributed by atoms with van der Waals surface area (Å²) in [5.74, 6) is 0. The SMILES string of the molecule is Cc1cc(-c2ccccc2)c2c3ccccc3nc-2s1. The molecule has 96 valence electrons. The molecule has 4 rings (SSSR count). The summed E-state index contributed by atoms with van der Waals surface area (Å²) >= 11 is 1.77. The highest BCUT2D eigenvalue weighted by Crippen LogP contribution is 2.42. The predicted molar refractivity (Wildman–Crippen MR) is 86.4 cm³/mol. The molecular weight excluding hydrogens is 262 g/mol. The molecule has 2 aliphatic heterocycles. The van der Waals surface area contributed by atoms with E-state index in [0.717, 1.165) is 10.5 Å². The Morgan fingerprint density at radius 2 is 1.65 bits per heavy atom. The lowest BCUT2D eigenvalue weighted by molar-refractivity contribution is 1.50. The molecule has 0 atom stereocenters. The van der Waals surface area contributed by atoms with Gasteiger partial charge in [0.25, 0.3) is 0 Å². The van der Waals surface area contributed by atoms with E-state index in [9.17, 15) is 0 Å². The van der Waals surface area contributed by atoms with Gasteiger partial charge in [-0.2, -0.15) is 0 Å². The van der Waals surface area contributed by atoms with Crippen molar-refractivity contribution in [1.82, 2.24) is 4.98 Å². The highest BCUT2D eigenvalue weighted by molar-refractivity contribution is 7.15. The highest BCUT2D eigenvalue weighted by atomic mass is 32.1. The van der Waals surface area contributed by atoms with Gasteiger partial charge in [-0.15, -0.1) is 11.3 Å². The quantitative estimate of drug-likeness (QED) is 0.454. The molecule has 0 aliphatic carbocycles. The van der Waals surface area contributed by atoms with Gasteiger partial charge in [0.1, 0.15) is 5.01 Å². The van der Waals surface area contributed by atoms with Crippen molar-refractivity contribution in [1.29, 1.82) is 0 Å². The van der Waals surface area contributed by atoms with Crippen molar-refractivity contribution in [2.24, 2.45) is 0 Å². The van der Waals surface area contributed by atoms with Crippen LogP contribution in [-0.2, 0) is 0 Å². The standard InChI is InChI=1S/C18H13NS/c1-12-11-15(13-7-3-2-4-8-13)17-14-9-5-6-10-16(14)19-18(17)20-12/h2-11H,1H3. The summed E-state index contributed by atoms with van der Waals surface area (Å²) in [5, 5.41) is 2.38. The third-order valence-corrected chi connectivity index (χ3v) is 4.50. The van der Waals surface area contributed by atoms with E-state index in [0.29, 0.717) is 0 Å². The number of aryl methyl sites for hydroxylation is 1. The van der Waals surface area contributed by atoms with Gasteiger partial charge in [-0.1, -0.05) is 48.5 Å². The van der Waals surface area contributed by atoms with Gasteiger partial charge in [-0.25, -0.2) is 4.98 Å². The van der Waals surface area contributed by atoms with Crippen LogP contribution in [0.3, 0.4) is 0 Å². The van der Waals surface area contributed by atoms with Crippen LogP contribution in [-0.4, -0.2) is 4.98 Å². The van der Waals surface area contributed by atoms with E-state index in [2.05, 4.69) is 61.5 Å². The van der Waals surface area contributed by atoms with Crippen molar-refractivity contribution in [3.05, 3.63) is 65.5 Å². The predicted octanol–water partition coefficient (Wildman–Crippen LogP) is 5.38. The Kier molecular flexibility index (Phi) is 2.57. The van der Waals surface area contributed by atoms with Gasteiger partial charge in [0, 0.05) is 15.8 Å². The molecule has 0 saturated carbocycles. The zero-order valence-electron chi connectivity index (χ0n) is 11.1. The van der Waals surface area contributed by atoms with Crippen LogP contribution in [0.5, 0.6) is 0 Å². The van der Waals surface area contributed by atoms with Crippen molar-refractivity contribution in [3.63, 3.8) is 0 Å². The molecule has 20 heavy (non-hydrogen) atoms. The number of rotatable bonds is 1. The number of para-hydroxylation sites is 1. The van der Waals surface area contributed by atoms with E-state index in [1.807, 2.05) is 6.07 Å². The summed E-state index contributed by atoms with van der Waals surface area (Å²) in [5.41, 5.74) is 4.90. The molecule has 1 nitrogen and oxygen atoms in total. The lowest BCUT2D eigenvalue weighted by Crippen LogP contribution is -1.84. The van der Waals surface area contributed by atoms with Gasteiger partial charge in [-0.3, -0.25) is 0 Å². The van der Waals surface area contributed by atoms with Gasteiger partial charge in [0.2, 0.25) is 0 Å². The van der Waals surface area contributed by atoms with Crippen molar-refractivity contribution in [2.75, 3.05) is 0 Å². The van der Waals surface area contributed by atoms with Crippen LogP contribution in [0.25, 0.3) is 32.6 Å². The Morgan fingerprint density at radius 1 is 0.900 bits per heavy atom. The zero-order valence-corrected chi connectivity index (χ0v) is 11.9. The summed E-state index contributed by atoms with van der Waals surface area (Å²) in [7, 11) is 0. The first-order chi connectivity index (χ1) is 9.83. The average molecular weight is 275 g/mol. The summed E-state index contributed by atoms with van der Waals surface area (Å²) < 4.78 is 0. The molecule has 0 N–H and O–H groups in total. The first kappa shape index (κ1) is 11.6. The third kappa shape index (κ3) is 1.73. The van der Waals surface area contributed by atoms with E-state index >= 15 is 0 Å². The molecule has 0 amide bonds. The molecule has 0 saturated heterocycles. The van der Waals surface area contributed by atoms with E-state index in [1.54, 1.807) is 11.3 Å². The Hall–Kier alpha value is -2.19. The minimum atomic E-state index is 1.08. The van der Waals surface area contributed by atoms with Crippen molar-refractivity contribution in [2.45, 2.75) is 6.92 Å². The second-order valence-electron chi connectivity index (χ2n) is 4.95. The van der Waals surface area contributed by atoms with Crippen LogP contribution < -0.4 is 0 Å². The fraction of sp³-hybridized carbons (Fsp3) is 0.0556. The average Bonchev–Trinajstić information content (AvgIpc) is 2.85. The van der Waals surface area contributed by atoms with Gasteiger partial charge in [-0.05, 0) is 30.2 Å². The normalized spacial score (nSPS) is 11.2. The topological polar surface area (TPSA) is 12.9 Å². The minimum Gasteiger partial charge on any atom is -0.237 e. The maximum atomic E-state index is 4.78. The molecule has 0 spiro atoms. The lowest BCUT2D eigenvalue weighted by atomic mass is 9.99. The highest BCUT2D eigenvalue weighted by Gasteiger charge is 2.18. The smallest absolute Gasteiger partial charge is 0.125 e. The molecule has 0 unspecified atom stereocenters. The molecule has 2 heterocycles.